The summed E-state index contributed by atoms with van der Waals surface area (Å²) >= 11 is 0. The molecule has 0 aliphatic rings. The number of methoxy groups -OCH3 is 1. The lowest BCUT2D eigenvalue weighted by molar-refractivity contribution is -0.150. The third kappa shape index (κ3) is 3.73. The molecule has 0 bridgehead atoms. The van der Waals surface area contributed by atoms with Gasteiger partial charge < -0.3 is 4.74 Å². The van der Waals surface area contributed by atoms with Crippen LogP contribution in [-0.2, 0) is 14.3 Å². The Kier molecular flexibility index (Phi) is 5.10. The number of hydrogen-bond acceptors (Lipinski definition) is 4. The molecule has 98 valence electrons. The Morgan fingerprint density at radius 3 is 2.44 bits per heavy atom. The van der Waals surface area contributed by atoms with Gasteiger partial charge >= 0.3 is 5.97 Å². The number of rotatable bonds is 5. The van der Waals surface area contributed by atoms with E-state index in [0.29, 0.717) is 12.1 Å². The second-order valence-electron chi connectivity index (χ2n) is 3.61. The second-order valence-corrected chi connectivity index (χ2v) is 3.61. The van der Waals surface area contributed by atoms with Gasteiger partial charge in [0.2, 0.25) is 0 Å². The molecule has 6 heteroatoms. The molecular weight excluding hydrogens is 239 g/mol. The minimum Gasteiger partial charge on any atom is -0.468 e. The Labute approximate surface area is 104 Å². The Bertz CT molecular complexity index is 420. The van der Waals surface area contributed by atoms with Crippen LogP contribution < -0.4 is 10.9 Å². The Morgan fingerprint density at radius 2 is 1.94 bits per heavy atom. The maximum atomic E-state index is 12.6. The van der Waals surface area contributed by atoms with E-state index >= 15 is 0 Å². The number of esters is 1. The first-order valence-electron chi connectivity index (χ1n) is 5.47. The molecule has 1 rings (SSSR count). The molecular formula is C12H15FN2O3. The Balaban J connectivity index is 2.54. The fourth-order valence-corrected chi connectivity index (χ4v) is 1.36. The van der Waals surface area contributed by atoms with Crippen molar-refractivity contribution in [1.29, 1.82) is 0 Å². The predicted molar refractivity (Wildman–Crippen MR) is 64.0 cm³/mol. The zero-order valence-electron chi connectivity index (χ0n) is 10.2. The molecule has 1 aromatic carbocycles. The number of anilines is 1. The Morgan fingerprint density at radius 1 is 1.33 bits per heavy atom. The monoisotopic (exact) mass is 254 g/mol. The van der Waals surface area contributed by atoms with E-state index in [-0.39, 0.29) is 5.82 Å². The number of benzene rings is 1. The van der Waals surface area contributed by atoms with Crippen LogP contribution in [0.4, 0.5) is 10.1 Å². The fraction of sp³-hybridized carbons (Fsp3) is 0.333. The minimum atomic E-state index is -0.858. The molecule has 0 saturated heterocycles. The third-order valence-electron chi connectivity index (χ3n) is 2.38. The zero-order valence-corrected chi connectivity index (χ0v) is 10.2. The molecule has 1 amide bonds. The molecule has 18 heavy (non-hydrogen) atoms. The number of ether oxygens (including phenoxy) is 1. The summed E-state index contributed by atoms with van der Waals surface area (Å²) in [5.41, 5.74) is 5.48. The van der Waals surface area contributed by atoms with Crippen LogP contribution in [0.15, 0.2) is 24.3 Å². The molecule has 0 fully saturated rings. The van der Waals surface area contributed by atoms with Crippen LogP contribution >= 0.6 is 0 Å². The summed E-state index contributed by atoms with van der Waals surface area (Å²) in [7, 11) is 1.23. The van der Waals surface area contributed by atoms with E-state index in [1.54, 1.807) is 6.92 Å². The molecule has 1 atom stereocenters. The molecule has 5 nitrogen and oxygen atoms in total. The third-order valence-corrected chi connectivity index (χ3v) is 2.38. The van der Waals surface area contributed by atoms with Gasteiger partial charge in [-0.2, -0.15) is 0 Å². The second kappa shape index (κ2) is 6.58. The topological polar surface area (TPSA) is 67.4 Å². The summed E-state index contributed by atoms with van der Waals surface area (Å²) in [6.07, 6.45) is 0.337. The van der Waals surface area contributed by atoms with Crippen molar-refractivity contribution >= 4 is 17.6 Å². The smallest absolute Gasteiger partial charge is 0.318 e. The van der Waals surface area contributed by atoms with Gasteiger partial charge in [0.15, 0.2) is 0 Å². The molecule has 1 aromatic rings. The number of carbonyl (C=O) groups is 2. The largest absolute Gasteiger partial charge is 0.468 e. The predicted octanol–water partition coefficient (Wildman–Crippen LogP) is 1.47. The van der Waals surface area contributed by atoms with E-state index in [0.717, 1.165) is 0 Å². The SMILES string of the molecule is CCC(C(=O)NNc1ccc(F)cc1)C(=O)OC. The van der Waals surface area contributed by atoms with Gasteiger partial charge in [-0.05, 0) is 30.7 Å². The van der Waals surface area contributed by atoms with Crippen molar-refractivity contribution < 1.29 is 18.7 Å². The Hall–Kier alpha value is -2.11. The highest BCUT2D eigenvalue weighted by molar-refractivity contribution is 5.98. The van der Waals surface area contributed by atoms with Crippen molar-refractivity contribution in [2.24, 2.45) is 5.92 Å². The van der Waals surface area contributed by atoms with Crippen LogP contribution in [0.3, 0.4) is 0 Å². The van der Waals surface area contributed by atoms with Crippen molar-refractivity contribution in [1.82, 2.24) is 5.43 Å². The van der Waals surface area contributed by atoms with Crippen molar-refractivity contribution in [3.8, 4) is 0 Å². The van der Waals surface area contributed by atoms with Gasteiger partial charge in [0.05, 0.1) is 12.8 Å². The summed E-state index contributed by atoms with van der Waals surface area (Å²) < 4.78 is 17.2. The zero-order chi connectivity index (χ0) is 13.5. The maximum Gasteiger partial charge on any atom is 0.318 e. The van der Waals surface area contributed by atoms with Gasteiger partial charge in [-0.15, -0.1) is 0 Å². The van der Waals surface area contributed by atoms with Crippen LogP contribution in [-0.4, -0.2) is 19.0 Å². The highest BCUT2D eigenvalue weighted by atomic mass is 19.1. The highest BCUT2D eigenvalue weighted by Crippen LogP contribution is 2.08. The van der Waals surface area contributed by atoms with Gasteiger partial charge in [-0.25, -0.2) is 4.39 Å². The van der Waals surface area contributed by atoms with Crippen LogP contribution in [0.2, 0.25) is 0 Å². The first kappa shape index (κ1) is 14.0. The number of carbonyl (C=O) groups excluding carboxylic acids is 2. The lowest BCUT2D eigenvalue weighted by Gasteiger charge is -2.14. The summed E-state index contributed by atoms with van der Waals surface area (Å²) in [6.45, 7) is 1.71. The average molecular weight is 254 g/mol. The molecule has 0 radical (unpaired) electrons. The normalized spacial score (nSPS) is 11.5. The number of hydrogen-bond donors (Lipinski definition) is 2. The molecule has 0 saturated carbocycles. The van der Waals surface area contributed by atoms with E-state index in [9.17, 15) is 14.0 Å². The first-order valence-corrected chi connectivity index (χ1v) is 5.47. The van der Waals surface area contributed by atoms with Crippen LogP contribution in [0.1, 0.15) is 13.3 Å². The van der Waals surface area contributed by atoms with Crippen molar-refractivity contribution in [3.63, 3.8) is 0 Å². The first-order chi connectivity index (χ1) is 8.58. The molecule has 0 spiro atoms. The highest BCUT2D eigenvalue weighted by Gasteiger charge is 2.25. The van der Waals surface area contributed by atoms with Gasteiger partial charge in [-0.3, -0.25) is 20.4 Å². The van der Waals surface area contributed by atoms with E-state index in [4.69, 9.17) is 0 Å². The molecule has 2 N–H and O–H groups in total. The number of halogens is 1. The minimum absolute atomic E-state index is 0.337. The van der Waals surface area contributed by atoms with E-state index in [2.05, 4.69) is 15.6 Å². The van der Waals surface area contributed by atoms with Crippen LogP contribution in [0.25, 0.3) is 0 Å². The molecule has 0 aromatic heterocycles. The lowest BCUT2D eigenvalue weighted by Crippen LogP contribution is -2.38. The van der Waals surface area contributed by atoms with Crippen molar-refractivity contribution in [2.45, 2.75) is 13.3 Å². The number of hydrazine groups is 1. The standard InChI is InChI=1S/C12H15FN2O3/c1-3-10(12(17)18-2)11(16)15-14-9-6-4-8(13)5-7-9/h4-7,10,14H,3H2,1-2H3,(H,15,16). The van der Waals surface area contributed by atoms with E-state index < -0.39 is 17.8 Å². The quantitative estimate of drug-likeness (QED) is 0.474. The van der Waals surface area contributed by atoms with Crippen molar-refractivity contribution in [3.05, 3.63) is 30.1 Å². The van der Waals surface area contributed by atoms with Gasteiger partial charge in [0.25, 0.3) is 5.91 Å². The maximum absolute atomic E-state index is 12.6. The lowest BCUT2D eigenvalue weighted by atomic mass is 10.1. The molecule has 0 aliphatic carbocycles. The van der Waals surface area contributed by atoms with E-state index in [1.165, 1.54) is 31.4 Å². The number of amides is 1. The van der Waals surface area contributed by atoms with Gasteiger partial charge in [0.1, 0.15) is 11.7 Å². The van der Waals surface area contributed by atoms with Crippen LogP contribution in [0, 0.1) is 11.7 Å². The summed E-state index contributed by atoms with van der Waals surface area (Å²) in [4.78, 5) is 22.9. The van der Waals surface area contributed by atoms with Crippen molar-refractivity contribution in [2.75, 3.05) is 12.5 Å². The molecule has 0 heterocycles. The van der Waals surface area contributed by atoms with Gasteiger partial charge in [0, 0.05) is 0 Å². The summed E-state index contributed by atoms with van der Waals surface area (Å²) in [5.74, 6) is -2.31. The average Bonchev–Trinajstić information content (AvgIpc) is 2.38. The molecule has 1 unspecified atom stereocenters. The van der Waals surface area contributed by atoms with Gasteiger partial charge in [-0.1, -0.05) is 6.92 Å². The summed E-state index contributed by atoms with van der Waals surface area (Å²) in [5, 5.41) is 0. The summed E-state index contributed by atoms with van der Waals surface area (Å²) in [6, 6.07) is 5.45. The number of nitrogens with one attached hydrogen (secondary N) is 2. The van der Waals surface area contributed by atoms with E-state index in [1.807, 2.05) is 0 Å². The molecule has 0 aliphatic heterocycles. The fourth-order valence-electron chi connectivity index (χ4n) is 1.36. The van der Waals surface area contributed by atoms with Crippen LogP contribution in [0.5, 0.6) is 0 Å².